The fourth-order valence-electron chi connectivity index (χ4n) is 2.70. The highest BCUT2D eigenvalue weighted by atomic mass is 19.1. The lowest BCUT2D eigenvalue weighted by molar-refractivity contribution is 0.0952. The molecule has 0 aliphatic carbocycles. The van der Waals surface area contributed by atoms with Crippen molar-refractivity contribution in [3.8, 4) is 22.9 Å². The van der Waals surface area contributed by atoms with Crippen LogP contribution in [0.1, 0.15) is 36.5 Å². The zero-order valence-electron chi connectivity index (χ0n) is 15.7. The summed E-state index contributed by atoms with van der Waals surface area (Å²) in [6.07, 6.45) is 4.52. The number of rotatable bonds is 8. The van der Waals surface area contributed by atoms with Crippen molar-refractivity contribution >= 4 is 5.91 Å². The zero-order chi connectivity index (χ0) is 19.8. The molecule has 1 aromatic heterocycles. The van der Waals surface area contributed by atoms with Crippen LogP contribution in [0.15, 0.2) is 60.9 Å². The second kappa shape index (κ2) is 9.60. The Kier molecular flexibility index (Phi) is 6.68. The van der Waals surface area contributed by atoms with Crippen molar-refractivity contribution in [2.45, 2.75) is 26.2 Å². The summed E-state index contributed by atoms with van der Waals surface area (Å²) in [4.78, 5) is 20.5. The van der Waals surface area contributed by atoms with Crippen LogP contribution in [0.4, 0.5) is 4.39 Å². The van der Waals surface area contributed by atoms with Crippen LogP contribution < -0.4 is 10.1 Å². The van der Waals surface area contributed by atoms with Gasteiger partial charge < -0.3 is 10.1 Å². The summed E-state index contributed by atoms with van der Waals surface area (Å²) >= 11 is 0. The molecular formula is C22H22FN3O2. The van der Waals surface area contributed by atoms with Gasteiger partial charge in [0.2, 0.25) is 5.88 Å². The first-order valence-electron chi connectivity index (χ1n) is 9.30. The van der Waals surface area contributed by atoms with Gasteiger partial charge in [0.1, 0.15) is 17.9 Å². The third-order valence-corrected chi connectivity index (χ3v) is 4.15. The number of aromatic nitrogens is 2. The molecule has 0 spiro atoms. The monoisotopic (exact) mass is 379 g/mol. The second-order valence-corrected chi connectivity index (χ2v) is 6.34. The molecule has 0 aliphatic rings. The topological polar surface area (TPSA) is 64.1 Å². The molecule has 0 saturated heterocycles. The Hall–Kier alpha value is -3.28. The van der Waals surface area contributed by atoms with E-state index >= 15 is 0 Å². The van der Waals surface area contributed by atoms with Gasteiger partial charge in [-0.2, -0.15) is 0 Å². The highest BCUT2D eigenvalue weighted by molar-refractivity contribution is 5.94. The third kappa shape index (κ3) is 5.36. The van der Waals surface area contributed by atoms with Crippen LogP contribution in [0.2, 0.25) is 0 Å². The summed E-state index contributed by atoms with van der Waals surface area (Å²) in [5.74, 6) is 0.334. The van der Waals surface area contributed by atoms with E-state index in [0.717, 1.165) is 19.3 Å². The van der Waals surface area contributed by atoms with Crippen LogP contribution in [0, 0.1) is 5.82 Å². The van der Waals surface area contributed by atoms with Crippen molar-refractivity contribution in [3.63, 3.8) is 0 Å². The van der Waals surface area contributed by atoms with Crippen LogP contribution in [0.5, 0.6) is 11.6 Å². The molecule has 0 atom stereocenters. The van der Waals surface area contributed by atoms with Gasteiger partial charge >= 0.3 is 0 Å². The van der Waals surface area contributed by atoms with Crippen molar-refractivity contribution in [2.24, 2.45) is 0 Å². The van der Waals surface area contributed by atoms with E-state index in [-0.39, 0.29) is 11.7 Å². The highest BCUT2D eigenvalue weighted by Gasteiger charge is 2.09. The number of carbonyl (C=O) groups excluding carboxylic acids is 1. The Morgan fingerprint density at radius 3 is 2.75 bits per heavy atom. The highest BCUT2D eigenvalue weighted by Crippen LogP contribution is 2.24. The van der Waals surface area contributed by atoms with Crippen LogP contribution in [-0.4, -0.2) is 22.4 Å². The summed E-state index contributed by atoms with van der Waals surface area (Å²) < 4.78 is 19.2. The molecule has 144 valence electrons. The Bertz CT molecular complexity index is 946. The molecule has 0 bridgehead atoms. The largest absolute Gasteiger partial charge is 0.439 e. The Morgan fingerprint density at radius 1 is 1.07 bits per heavy atom. The van der Waals surface area contributed by atoms with E-state index in [4.69, 9.17) is 4.74 Å². The SMILES string of the molecule is CCCCCNC(=O)c1cccc(Oc2cc(-c3cccc(F)c3)ncn2)c1. The van der Waals surface area contributed by atoms with Gasteiger partial charge in [-0.05, 0) is 36.8 Å². The fraction of sp³-hybridized carbons (Fsp3) is 0.227. The predicted molar refractivity (Wildman–Crippen MR) is 106 cm³/mol. The molecule has 3 aromatic rings. The molecule has 3 rings (SSSR count). The number of benzene rings is 2. The summed E-state index contributed by atoms with van der Waals surface area (Å²) in [7, 11) is 0. The van der Waals surface area contributed by atoms with Crippen molar-refractivity contribution < 1.29 is 13.9 Å². The Labute approximate surface area is 163 Å². The minimum Gasteiger partial charge on any atom is -0.439 e. The van der Waals surface area contributed by atoms with Crippen LogP contribution in [-0.2, 0) is 0 Å². The van der Waals surface area contributed by atoms with Gasteiger partial charge in [0, 0.05) is 23.7 Å². The number of halogens is 1. The number of unbranched alkanes of at least 4 members (excludes halogenated alkanes) is 2. The number of hydrogen-bond acceptors (Lipinski definition) is 4. The Balaban J connectivity index is 1.70. The maximum absolute atomic E-state index is 13.4. The molecule has 2 aromatic carbocycles. The van der Waals surface area contributed by atoms with Gasteiger partial charge in [-0.15, -0.1) is 0 Å². The lowest BCUT2D eigenvalue weighted by Crippen LogP contribution is -2.24. The number of nitrogens with one attached hydrogen (secondary N) is 1. The van der Waals surface area contributed by atoms with E-state index in [2.05, 4.69) is 22.2 Å². The van der Waals surface area contributed by atoms with E-state index in [1.165, 1.54) is 18.5 Å². The minimum atomic E-state index is -0.337. The molecule has 0 saturated carbocycles. The van der Waals surface area contributed by atoms with Crippen molar-refractivity contribution in [3.05, 3.63) is 72.3 Å². The number of amides is 1. The van der Waals surface area contributed by atoms with Gasteiger partial charge in [0.05, 0.1) is 5.69 Å². The van der Waals surface area contributed by atoms with Crippen molar-refractivity contribution in [2.75, 3.05) is 6.54 Å². The lowest BCUT2D eigenvalue weighted by atomic mass is 10.1. The van der Waals surface area contributed by atoms with Gasteiger partial charge in [0.25, 0.3) is 5.91 Å². The third-order valence-electron chi connectivity index (χ3n) is 4.15. The standard InChI is InChI=1S/C22H22FN3O2/c1-2-3-4-11-24-22(27)17-8-6-10-19(13-17)28-21-14-20(25-15-26-21)16-7-5-9-18(23)12-16/h5-10,12-15H,2-4,11H2,1H3,(H,24,27). The van der Waals surface area contributed by atoms with E-state index in [9.17, 15) is 9.18 Å². The molecule has 1 heterocycles. The minimum absolute atomic E-state index is 0.135. The van der Waals surface area contributed by atoms with Gasteiger partial charge in [-0.3, -0.25) is 4.79 Å². The van der Waals surface area contributed by atoms with Gasteiger partial charge in [-0.25, -0.2) is 14.4 Å². The van der Waals surface area contributed by atoms with Crippen molar-refractivity contribution in [1.29, 1.82) is 0 Å². The summed E-state index contributed by atoms with van der Waals surface area (Å²) in [5.41, 5.74) is 1.70. The first-order valence-corrected chi connectivity index (χ1v) is 9.30. The van der Waals surface area contributed by atoms with Crippen LogP contribution in [0.25, 0.3) is 11.3 Å². The van der Waals surface area contributed by atoms with Crippen LogP contribution in [0.3, 0.4) is 0 Å². The number of hydrogen-bond donors (Lipinski definition) is 1. The number of ether oxygens (including phenoxy) is 1. The average molecular weight is 379 g/mol. The molecular weight excluding hydrogens is 357 g/mol. The molecule has 0 aliphatic heterocycles. The molecule has 0 fully saturated rings. The number of nitrogens with zero attached hydrogens (tertiary/aromatic N) is 2. The fourth-order valence-corrected chi connectivity index (χ4v) is 2.70. The lowest BCUT2D eigenvalue weighted by Gasteiger charge is -2.09. The van der Waals surface area contributed by atoms with Gasteiger partial charge in [-0.1, -0.05) is 38.0 Å². The molecule has 5 nitrogen and oxygen atoms in total. The quantitative estimate of drug-likeness (QED) is 0.560. The molecule has 1 N–H and O–H groups in total. The summed E-state index contributed by atoms with van der Waals surface area (Å²) in [6, 6.07) is 14.7. The first-order chi connectivity index (χ1) is 13.7. The average Bonchev–Trinajstić information content (AvgIpc) is 2.71. The molecule has 0 radical (unpaired) electrons. The van der Waals surface area contributed by atoms with E-state index < -0.39 is 0 Å². The van der Waals surface area contributed by atoms with E-state index in [1.807, 2.05) is 0 Å². The predicted octanol–water partition coefficient (Wildman–Crippen LogP) is 5.00. The second-order valence-electron chi connectivity index (χ2n) is 6.34. The van der Waals surface area contributed by atoms with E-state index in [0.29, 0.717) is 35.0 Å². The first kappa shape index (κ1) is 19.5. The Morgan fingerprint density at radius 2 is 1.93 bits per heavy atom. The van der Waals surface area contributed by atoms with Crippen LogP contribution >= 0.6 is 0 Å². The normalized spacial score (nSPS) is 10.5. The zero-order valence-corrected chi connectivity index (χ0v) is 15.7. The van der Waals surface area contributed by atoms with Crippen molar-refractivity contribution in [1.82, 2.24) is 15.3 Å². The maximum atomic E-state index is 13.4. The number of carbonyl (C=O) groups is 1. The maximum Gasteiger partial charge on any atom is 0.251 e. The summed E-state index contributed by atoms with van der Waals surface area (Å²) in [5, 5.41) is 2.91. The molecule has 6 heteroatoms. The summed E-state index contributed by atoms with van der Waals surface area (Å²) in [6.45, 7) is 2.77. The van der Waals surface area contributed by atoms with Gasteiger partial charge in [0.15, 0.2) is 0 Å². The molecule has 1 amide bonds. The van der Waals surface area contributed by atoms with E-state index in [1.54, 1.807) is 42.5 Å². The smallest absolute Gasteiger partial charge is 0.251 e. The molecule has 28 heavy (non-hydrogen) atoms. The molecule has 0 unspecified atom stereocenters.